The lowest BCUT2D eigenvalue weighted by atomic mass is 10.1. The van der Waals surface area contributed by atoms with Crippen molar-refractivity contribution >= 4 is 28.5 Å². The highest BCUT2D eigenvalue weighted by Gasteiger charge is 2.15. The molecule has 0 bridgehead atoms. The minimum absolute atomic E-state index is 0.201. The maximum atomic E-state index is 12.8. The minimum atomic E-state index is -0.244. The smallest absolute Gasteiger partial charge is 0.318 e. The summed E-state index contributed by atoms with van der Waals surface area (Å²) in [5, 5.41) is 3.94. The van der Waals surface area contributed by atoms with Gasteiger partial charge in [-0.3, -0.25) is 4.79 Å². The molecule has 2 amide bonds. The predicted molar refractivity (Wildman–Crippen MR) is 124 cm³/mol. The molecule has 0 unspecified atom stereocenters. The van der Waals surface area contributed by atoms with Crippen LogP contribution >= 0.6 is 11.6 Å². The van der Waals surface area contributed by atoms with E-state index >= 15 is 0 Å². The summed E-state index contributed by atoms with van der Waals surface area (Å²) in [5.74, 6) is 0.427. The molecule has 3 aromatic rings. The number of benzene rings is 2. The first kappa shape index (κ1) is 22.8. The lowest BCUT2D eigenvalue weighted by Gasteiger charge is -2.22. The maximum absolute atomic E-state index is 12.8. The molecule has 0 atom stereocenters. The molecule has 0 aliphatic rings. The van der Waals surface area contributed by atoms with Gasteiger partial charge in [0.05, 0.1) is 17.4 Å². The van der Waals surface area contributed by atoms with Gasteiger partial charge in [-0.05, 0) is 49.8 Å². The molecule has 8 heteroatoms. The Kier molecular flexibility index (Phi) is 7.65. The molecule has 3 rings (SSSR count). The summed E-state index contributed by atoms with van der Waals surface area (Å²) >= 11 is 6.03. The summed E-state index contributed by atoms with van der Waals surface area (Å²) in [4.78, 5) is 36.2. The van der Waals surface area contributed by atoms with Gasteiger partial charge in [0.15, 0.2) is 0 Å². The maximum Gasteiger partial charge on any atom is 0.318 e. The lowest BCUT2D eigenvalue weighted by molar-refractivity contribution is 0.193. The summed E-state index contributed by atoms with van der Waals surface area (Å²) < 4.78 is 0. The summed E-state index contributed by atoms with van der Waals surface area (Å²) in [6, 6.07) is 12.9. The van der Waals surface area contributed by atoms with Crippen LogP contribution in [0.3, 0.4) is 0 Å². The first-order valence-electron chi connectivity index (χ1n) is 10.3. The van der Waals surface area contributed by atoms with E-state index in [2.05, 4.69) is 32.3 Å². The second-order valence-electron chi connectivity index (χ2n) is 7.81. The van der Waals surface area contributed by atoms with E-state index in [9.17, 15) is 9.59 Å². The Balaban J connectivity index is 1.68. The number of aromatic amines is 1. The highest BCUT2D eigenvalue weighted by atomic mass is 35.5. The molecule has 1 heterocycles. The topological polar surface area (TPSA) is 81.3 Å². The number of carbonyl (C=O) groups is 1. The van der Waals surface area contributed by atoms with Crippen LogP contribution in [0.4, 0.5) is 4.79 Å². The van der Waals surface area contributed by atoms with Crippen molar-refractivity contribution < 1.29 is 4.79 Å². The van der Waals surface area contributed by atoms with Gasteiger partial charge in [-0.25, -0.2) is 9.78 Å². The molecule has 164 valence electrons. The van der Waals surface area contributed by atoms with Gasteiger partial charge in [0.2, 0.25) is 0 Å². The van der Waals surface area contributed by atoms with Gasteiger partial charge in [-0.1, -0.05) is 42.8 Å². The van der Waals surface area contributed by atoms with Gasteiger partial charge >= 0.3 is 6.03 Å². The largest absolute Gasteiger partial charge is 0.334 e. The summed E-state index contributed by atoms with van der Waals surface area (Å²) in [7, 11) is 4.06. The van der Waals surface area contributed by atoms with Crippen LogP contribution in [0.1, 0.15) is 30.3 Å². The van der Waals surface area contributed by atoms with Gasteiger partial charge in [-0.2, -0.15) is 0 Å². The van der Waals surface area contributed by atoms with Crippen LogP contribution in [0.25, 0.3) is 10.9 Å². The number of hydrogen-bond donors (Lipinski definition) is 2. The summed E-state index contributed by atoms with van der Waals surface area (Å²) in [6.07, 6.45) is 0.788. The second-order valence-corrected chi connectivity index (χ2v) is 8.25. The molecule has 2 aromatic carbocycles. The molecule has 0 saturated heterocycles. The lowest BCUT2D eigenvalue weighted by Crippen LogP contribution is -2.40. The molecule has 0 spiro atoms. The van der Waals surface area contributed by atoms with Crippen molar-refractivity contribution in [1.82, 2.24) is 25.1 Å². The van der Waals surface area contributed by atoms with Crippen molar-refractivity contribution in [3.05, 3.63) is 74.8 Å². The third-order valence-electron chi connectivity index (χ3n) is 4.80. The summed E-state index contributed by atoms with van der Waals surface area (Å²) in [5.41, 5.74) is 2.52. The number of urea groups is 1. The van der Waals surface area contributed by atoms with E-state index in [1.54, 1.807) is 23.1 Å². The Bertz CT molecular complexity index is 1100. The Morgan fingerprint density at radius 1 is 1.10 bits per heavy atom. The van der Waals surface area contributed by atoms with Crippen LogP contribution in [0.2, 0.25) is 5.02 Å². The van der Waals surface area contributed by atoms with Crippen LogP contribution in [0, 0.1) is 0 Å². The number of amides is 2. The standard InChI is InChI=1S/C23H28ClN5O2/c1-4-11-29(15-21-26-20-12-18(24)9-10-19(20)22(30)27-21)23(31)25-13-16-5-7-17(8-6-16)14-28(2)3/h5-10,12H,4,11,13-15H2,1-3H3,(H,25,31)(H,26,27,30). The number of fused-ring (bicyclic) bond motifs is 1. The molecular formula is C23H28ClN5O2. The van der Waals surface area contributed by atoms with Crippen LogP contribution in [0.5, 0.6) is 0 Å². The van der Waals surface area contributed by atoms with Crippen molar-refractivity contribution in [2.24, 2.45) is 0 Å². The van der Waals surface area contributed by atoms with Crippen molar-refractivity contribution in [2.45, 2.75) is 33.0 Å². The Hall–Kier alpha value is -2.90. The van der Waals surface area contributed by atoms with Crippen molar-refractivity contribution in [1.29, 1.82) is 0 Å². The molecule has 0 aliphatic carbocycles. The number of nitrogens with one attached hydrogen (secondary N) is 2. The average Bonchev–Trinajstić information content (AvgIpc) is 2.72. The van der Waals surface area contributed by atoms with Gasteiger partial charge in [0, 0.05) is 24.7 Å². The van der Waals surface area contributed by atoms with Crippen LogP contribution in [-0.4, -0.2) is 46.4 Å². The number of carbonyl (C=O) groups excluding carboxylic acids is 1. The van der Waals surface area contributed by atoms with E-state index < -0.39 is 0 Å². The molecule has 31 heavy (non-hydrogen) atoms. The highest BCUT2D eigenvalue weighted by Crippen LogP contribution is 2.15. The molecule has 2 N–H and O–H groups in total. The monoisotopic (exact) mass is 441 g/mol. The fourth-order valence-corrected chi connectivity index (χ4v) is 3.52. The van der Waals surface area contributed by atoms with E-state index in [1.165, 1.54) is 5.56 Å². The van der Waals surface area contributed by atoms with Gasteiger partial charge in [0.1, 0.15) is 5.82 Å². The van der Waals surface area contributed by atoms with Crippen LogP contribution in [-0.2, 0) is 19.6 Å². The Morgan fingerprint density at radius 3 is 2.48 bits per heavy atom. The number of nitrogens with zero attached hydrogens (tertiary/aromatic N) is 3. The third-order valence-corrected chi connectivity index (χ3v) is 5.04. The first-order valence-corrected chi connectivity index (χ1v) is 10.7. The van der Waals surface area contributed by atoms with Crippen molar-refractivity contribution in [3.63, 3.8) is 0 Å². The molecule has 0 aliphatic heterocycles. The number of halogens is 1. The van der Waals surface area contributed by atoms with Crippen LogP contribution < -0.4 is 10.9 Å². The normalized spacial score (nSPS) is 11.1. The Morgan fingerprint density at radius 2 is 1.81 bits per heavy atom. The number of rotatable bonds is 8. The Labute approximate surface area is 187 Å². The molecule has 1 aromatic heterocycles. The van der Waals surface area contributed by atoms with Crippen molar-refractivity contribution in [2.75, 3.05) is 20.6 Å². The van der Waals surface area contributed by atoms with E-state index in [0.717, 1.165) is 18.5 Å². The van der Waals surface area contributed by atoms with E-state index in [1.807, 2.05) is 33.2 Å². The van der Waals surface area contributed by atoms with E-state index in [-0.39, 0.29) is 18.1 Å². The van der Waals surface area contributed by atoms with E-state index in [4.69, 9.17) is 11.6 Å². The van der Waals surface area contributed by atoms with E-state index in [0.29, 0.717) is 34.8 Å². The zero-order chi connectivity index (χ0) is 22.4. The zero-order valence-corrected chi connectivity index (χ0v) is 18.9. The molecule has 0 saturated carbocycles. The fraction of sp³-hybridized carbons (Fsp3) is 0.348. The molecule has 0 radical (unpaired) electrons. The summed E-state index contributed by atoms with van der Waals surface area (Å²) in [6.45, 7) is 4.06. The fourth-order valence-electron chi connectivity index (χ4n) is 3.36. The van der Waals surface area contributed by atoms with Crippen LogP contribution in [0.15, 0.2) is 47.3 Å². The predicted octanol–water partition coefficient (Wildman–Crippen LogP) is 3.76. The quantitative estimate of drug-likeness (QED) is 0.557. The van der Waals surface area contributed by atoms with Gasteiger partial charge < -0.3 is 20.1 Å². The first-order chi connectivity index (χ1) is 14.9. The van der Waals surface area contributed by atoms with Crippen molar-refractivity contribution in [3.8, 4) is 0 Å². The third kappa shape index (κ3) is 6.29. The van der Waals surface area contributed by atoms with Gasteiger partial charge in [-0.15, -0.1) is 0 Å². The molecule has 0 fully saturated rings. The molecule has 7 nitrogen and oxygen atoms in total. The zero-order valence-electron chi connectivity index (χ0n) is 18.1. The second kappa shape index (κ2) is 10.4. The number of H-pyrrole nitrogens is 1. The molecular weight excluding hydrogens is 414 g/mol. The number of hydrogen-bond acceptors (Lipinski definition) is 4. The number of aromatic nitrogens is 2. The highest BCUT2D eigenvalue weighted by molar-refractivity contribution is 6.31. The average molecular weight is 442 g/mol. The van der Waals surface area contributed by atoms with Gasteiger partial charge in [0.25, 0.3) is 5.56 Å². The minimum Gasteiger partial charge on any atom is -0.334 e. The SMILES string of the molecule is CCCN(Cc1nc2cc(Cl)ccc2c(=O)[nH]1)C(=O)NCc1ccc(CN(C)C)cc1.